The van der Waals surface area contributed by atoms with E-state index in [0.29, 0.717) is 6.54 Å². The van der Waals surface area contributed by atoms with E-state index in [-0.39, 0.29) is 0 Å². The molecule has 0 aliphatic heterocycles. The molecule has 0 amide bonds. The van der Waals surface area contributed by atoms with Gasteiger partial charge < -0.3 is 10.1 Å². The number of benzene rings is 2. The number of nitrogens with one attached hydrogen (secondary N) is 1. The number of ether oxygens (including phenoxy) is 1. The highest BCUT2D eigenvalue weighted by Gasteiger charge is 2.23. The quantitative estimate of drug-likeness (QED) is 0.847. The average Bonchev–Trinajstić information content (AvgIpc) is 3.34. The maximum atomic E-state index is 6.24. The molecule has 0 bridgehead atoms. The molecule has 0 saturated heterocycles. The molecule has 0 atom stereocenters. The van der Waals surface area contributed by atoms with Crippen LogP contribution in [0.3, 0.4) is 0 Å². The van der Waals surface area contributed by atoms with Crippen LogP contribution in [0, 0.1) is 0 Å². The third-order valence-corrected chi connectivity index (χ3v) is 4.28. The van der Waals surface area contributed by atoms with Crippen molar-refractivity contribution in [1.29, 1.82) is 0 Å². The Kier molecular flexibility index (Phi) is 4.47. The second-order valence-electron chi connectivity index (χ2n) is 5.54. The lowest BCUT2D eigenvalue weighted by molar-refractivity contribution is 0.407. The predicted molar refractivity (Wildman–Crippen MR) is 87.0 cm³/mol. The first-order chi connectivity index (χ1) is 10.3. The van der Waals surface area contributed by atoms with E-state index in [1.807, 2.05) is 18.2 Å². The monoisotopic (exact) mass is 301 g/mol. The van der Waals surface area contributed by atoms with Crippen LogP contribution in [0.1, 0.15) is 35.4 Å². The molecule has 2 nitrogen and oxygen atoms in total. The zero-order chi connectivity index (χ0) is 14.7. The summed E-state index contributed by atoms with van der Waals surface area (Å²) in [6.45, 7) is 1.55. The molecule has 0 spiro atoms. The van der Waals surface area contributed by atoms with Crippen molar-refractivity contribution in [2.75, 3.05) is 7.11 Å². The summed E-state index contributed by atoms with van der Waals surface area (Å²) >= 11 is 6.24. The molecule has 0 radical (unpaired) electrons. The van der Waals surface area contributed by atoms with E-state index in [1.54, 1.807) is 7.11 Å². The summed E-state index contributed by atoms with van der Waals surface area (Å²) in [5.74, 6) is 1.63. The summed E-state index contributed by atoms with van der Waals surface area (Å²) in [5, 5.41) is 4.20. The van der Waals surface area contributed by atoms with Crippen LogP contribution in [0.5, 0.6) is 5.75 Å². The average molecular weight is 302 g/mol. The van der Waals surface area contributed by atoms with Crippen LogP contribution in [0.4, 0.5) is 0 Å². The molecule has 3 rings (SSSR count). The Bertz CT molecular complexity index is 622. The van der Waals surface area contributed by atoms with Crippen LogP contribution < -0.4 is 10.1 Å². The Hall–Kier alpha value is -1.51. The highest BCUT2D eigenvalue weighted by molar-refractivity contribution is 6.31. The molecule has 1 N–H and O–H groups in total. The Balaban J connectivity index is 1.62. The van der Waals surface area contributed by atoms with E-state index < -0.39 is 0 Å². The SMILES string of the molecule is COc1cccc(Cl)c1CNCc1cccc(C2CC2)c1. The van der Waals surface area contributed by atoms with Gasteiger partial charge in [-0.2, -0.15) is 0 Å². The Labute approximate surface area is 131 Å². The van der Waals surface area contributed by atoms with Crippen LogP contribution in [0.2, 0.25) is 5.02 Å². The van der Waals surface area contributed by atoms with Crippen molar-refractivity contribution in [3.8, 4) is 5.75 Å². The smallest absolute Gasteiger partial charge is 0.124 e. The van der Waals surface area contributed by atoms with Crippen molar-refractivity contribution < 1.29 is 4.74 Å². The standard InChI is InChI=1S/C18H20ClNO/c1-21-18-7-3-6-17(19)16(18)12-20-11-13-4-2-5-15(10-13)14-8-9-14/h2-7,10,14,20H,8-9,11-12H2,1H3. The number of methoxy groups -OCH3 is 1. The van der Waals surface area contributed by atoms with E-state index in [1.165, 1.54) is 24.0 Å². The Morgan fingerprint density at radius 3 is 2.71 bits per heavy atom. The minimum atomic E-state index is 0.705. The van der Waals surface area contributed by atoms with Gasteiger partial charge in [0.05, 0.1) is 7.11 Å². The summed E-state index contributed by atoms with van der Waals surface area (Å²) in [7, 11) is 1.67. The molecule has 0 aromatic heterocycles. The first kappa shape index (κ1) is 14.4. The summed E-state index contributed by atoms with van der Waals surface area (Å²) in [6.07, 6.45) is 2.68. The van der Waals surface area contributed by atoms with Crippen LogP contribution in [-0.4, -0.2) is 7.11 Å². The third-order valence-electron chi connectivity index (χ3n) is 3.93. The fourth-order valence-electron chi connectivity index (χ4n) is 2.61. The van der Waals surface area contributed by atoms with Crippen molar-refractivity contribution in [2.24, 2.45) is 0 Å². The highest BCUT2D eigenvalue weighted by Crippen LogP contribution is 2.40. The fourth-order valence-corrected chi connectivity index (χ4v) is 2.84. The number of hydrogen-bond acceptors (Lipinski definition) is 2. The molecule has 21 heavy (non-hydrogen) atoms. The molecule has 3 heteroatoms. The van der Waals surface area contributed by atoms with Gasteiger partial charge in [-0.15, -0.1) is 0 Å². The van der Waals surface area contributed by atoms with Gasteiger partial charge in [-0.05, 0) is 42.0 Å². The fraction of sp³-hybridized carbons (Fsp3) is 0.333. The lowest BCUT2D eigenvalue weighted by Crippen LogP contribution is -2.14. The molecular weight excluding hydrogens is 282 g/mol. The van der Waals surface area contributed by atoms with Crippen LogP contribution in [0.25, 0.3) is 0 Å². The van der Waals surface area contributed by atoms with Gasteiger partial charge in [0.1, 0.15) is 5.75 Å². The minimum Gasteiger partial charge on any atom is -0.496 e. The lowest BCUT2D eigenvalue weighted by atomic mass is 10.1. The van der Waals surface area contributed by atoms with E-state index in [9.17, 15) is 0 Å². The second kappa shape index (κ2) is 6.50. The van der Waals surface area contributed by atoms with Crippen molar-refractivity contribution in [2.45, 2.75) is 31.8 Å². The highest BCUT2D eigenvalue weighted by atomic mass is 35.5. The molecule has 0 unspecified atom stereocenters. The normalized spacial score (nSPS) is 14.2. The molecule has 0 heterocycles. The second-order valence-corrected chi connectivity index (χ2v) is 5.95. The maximum Gasteiger partial charge on any atom is 0.124 e. The largest absolute Gasteiger partial charge is 0.496 e. The van der Waals surface area contributed by atoms with Gasteiger partial charge in [0, 0.05) is 23.7 Å². The topological polar surface area (TPSA) is 21.3 Å². The summed E-state index contributed by atoms with van der Waals surface area (Å²) in [4.78, 5) is 0. The number of hydrogen-bond donors (Lipinski definition) is 1. The van der Waals surface area contributed by atoms with Crippen LogP contribution >= 0.6 is 11.6 Å². The predicted octanol–water partition coefficient (Wildman–Crippen LogP) is 4.52. The molecule has 1 aliphatic rings. The van der Waals surface area contributed by atoms with Crippen LogP contribution in [0.15, 0.2) is 42.5 Å². The molecule has 1 fully saturated rings. The summed E-state index contributed by atoms with van der Waals surface area (Å²) in [5.41, 5.74) is 3.81. The van der Waals surface area contributed by atoms with Gasteiger partial charge in [0.15, 0.2) is 0 Å². The van der Waals surface area contributed by atoms with E-state index in [2.05, 4.69) is 29.6 Å². The molecule has 110 valence electrons. The Morgan fingerprint density at radius 2 is 1.95 bits per heavy atom. The molecular formula is C18H20ClNO. The molecule has 1 aliphatic carbocycles. The first-order valence-electron chi connectivity index (χ1n) is 7.39. The van der Waals surface area contributed by atoms with Crippen molar-refractivity contribution >= 4 is 11.6 Å². The van der Waals surface area contributed by atoms with Crippen molar-refractivity contribution in [3.63, 3.8) is 0 Å². The number of rotatable bonds is 6. The van der Waals surface area contributed by atoms with Gasteiger partial charge >= 0.3 is 0 Å². The minimum absolute atomic E-state index is 0.705. The van der Waals surface area contributed by atoms with Gasteiger partial charge in [-0.1, -0.05) is 41.9 Å². The van der Waals surface area contributed by atoms with Gasteiger partial charge in [0.2, 0.25) is 0 Å². The van der Waals surface area contributed by atoms with E-state index in [0.717, 1.165) is 28.8 Å². The van der Waals surface area contributed by atoms with E-state index in [4.69, 9.17) is 16.3 Å². The summed E-state index contributed by atoms with van der Waals surface area (Å²) < 4.78 is 5.36. The zero-order valence-electron chi connectivity index (χ0n) is 12.2. The summed E-state index contributed by atoms with van der Waals surface area (Å²) in [6, 6.07) is 14.6. The lowest BCUT2D eigenvalue weighted by Gasteiger charge is -2.12. The van der Waals surface area contributed by atoms with Gasteiger partial charge in [0.25, 0.3) is 0 Å². The number of halogens is 1. The van der Waals surface area contributed by atoms with Crippen molar-refractivity contribution in [1.82, 2.24) is 5.32 Å². The van der Waals surface area contributed by atoms with Crippen LogP contribution in [-0.2, 0) is 13.1 Å². The van der Waals surface area contributed by atoms with Gasteiger partial charge in [-0.25, -0.2) is 0 Å². The molecule has 2 aromatic carbocycles. The van der Waals surface area contributed by atoms with E-state index >= 15 is 0 Å². The Morgan fingerprint density at radius 1 is 1.14 bits per heavy atom. The maximum absolute atomic E-state index is 6.24. The first-order valence-corrected chi connectivity index (χ1v) is 7.76. The van der Waals surface area contributed by atoms with Crippen molar-refractivity contribution in [3.05, 3.63) is 64.2 Å². The zero-order valence-corrected chi connectivity index (χ0v) is 13.0. The molecule has 2 aromatic rings. The van der Waals surface area contributed by atoms with Gasteiger partial charge in [-0.3, -0.25) is 0 Å². The molecule has 1 saturated carbocycles. The third kappa shape index (κ3) is 3.58.